The van der Waals surface area contributed by atoms with Crippen LogP contribution in [0.4, 0.5) is 13.2 Å². The summed E-state index contributed by atoms with van der Waals surface area (Å²) < 4.78 is 41.7. The van der Waals surface area contributed by atoms with Crippen molar-refractivity contribution in [2.75, 3.05) is 14.1 Å². The zero-order chi connectivity index (χ0) is 17.9. The molecule has 25 heavy (non-hydrogen) atoms. The van der Waals surface area contributed by atoms with Crippen LogP contribution in [0, 0.1) is 0 Å². The SMILES string of the molecule is CN=C(NCc1cn(C)nc1C(F)(F)F)N(C)Cc1cnn(C)c1.I. The number of rotatable bonds is 4. The van der Waals surface area contributed by atoms with Gasteiger partial charge in [-0.05, 0) is 0 Å². The van der Waals surface area contributed by atoms with Crippen molar-refractivity contribution in [3.63, 3.8) is 0 Å². The maximum absolute atomic E-state index is 13.0. The highest BCUT2D eigenvalue weighted by Crippen LogP contribution is 2.30. The van der Waals surface area contributed by atoms with Gasteiger partial charge < -0.3 is 10.2 Å². The molecule has 0 unspecified atom stereocenters. The number of aryl methyl sites for hydroxylation is 2. The summed E-state index contributed by atoms with van der Waals surface area (Å²) in [5, 5.41) is 10.5. The molecule has 0 saturated carbocycles. The molecule has 7 nitrogen and oxygen atoms in total. The van der Waals surface area contributed by atoms with Crippen LogP contribution in [0.5, 0.6) is 0 Å². The standard InChI is InChI=1S/C14H20F3N7.HI/c1-18-13(22(2)7-10-5-20-23(3)8-10)19-6-11-9-24(4)21-12(11)14(15,16)17;/h5,8-9H,6-7H2,1-4H3,(H,18,19);1H. The van der Waals surface area contributed by atoms with Crippen LogP contribution >= 0.6 is 24.0 Å². The quantitative estimate of drug-likeness (QED) is 0.421. The van der Waals surface area contributed by atoms with Gasteiger partial charge >= 0.3 is 6.18 Å². The molecule has 2 heterocycles. The van der Waals surface area contributed by atoms with Crippen LogP contribution in [0.25, 0.3) is 0 Å². The third-order valence-electron chi connectivity index (χ3n) is 3.36. The van der Waals surface area contributed by atoms with E-state index in [1.807, 2.05) is 13.2 Å². The summed E-state index contributed by atoms with van der Waals surface area (Å²) in [6, 6.07) is 0. The molecule has 0 aliphatic rings. The van der Waals surface area contributed by atoms with Gasteiger partial charge in [0.25, 0.3) is 0 Å². The van der Waals surface area contributed by atoms with Crippen molar-refractivity contribution in [3.05, 3.63) is 35.4 Å². The summed E-state index contributed by atoms with van der Waals surface area (Å²) in [4.78, 5) is 5.91. The number of alkyl halides is 3. The summed E-state index contributed by atoms with van der Waals surface area (Å²) in [5.74, 6) is 0.482. The minimum Gasteiger partial charge on any atom is -0.352 e. The second kappa shape index (κ2) is 8.54. The van der Waals surface area contributed by atoms with E-state index >= 15 is 0 Å². The van der Waals surface area contributed by atoms with Gasteiger partial charge in [-0.25, -0.2) is 0 Å². The average Bonchev–Trinajstić information content (AvgIpc) is 3.05. The summed E-state index contributed by atoms with van der Waals surface area (Å²) in [5.41, 5.74) is 0.157. The van der Waals surface area contributed by atoms with Gasteiger partial charge in [0.1, 0.15) is 0 Å². The van der Waals surface area contributed by atoms with Crippen LogP contribution < -0.4 is 5.32 Å². The molecule has 0 fully saturated rings. The van der Waals surface area contributed by atoms with Gasteiger partial charge in [0.05, 0.1) is 6.20 Å². The Balaban J connectivity index is 0.00000312. The molecule has 0 saturated heterocycles. The molecule has 2 aromatic rings. The van der Waals surface area contributed by atoms with E-state index in [4.69, 9.17) is 0 Å². The Morgan fingerprint density at radius 2 is 1.96 bits per heavy atom. The lowest BCUT2D eigenvalue weighted by Gasteiger charge is -2.21. The number of nitrogens with zero attached hydrogens (tertiary/aromatic N) is 6. The first kappa shape index (κ1) is 21.3. The van der Waals surface area contributed by atoms with E-state index in [0.717, 1.165) is 10.2 Å². The molecular formula is C14H21F3IN7. The Hall–Kier alpha value is -1.79. The monoisotopic (exact) mass is 471 g/mol. The number of aromatic nitrogens is 4. The molecule has 2 aromatic heterocycles. The predicted molar refractivity (Wildman–Crippen MR) is 98.5 cm³/mol. The summed E-state index contributed by atoms with van der Waals surface area (Å²) in [7, 11) is 6.66. The molecule has 1 N–H and O–H groups in total. The number of nitrogens with one attached hydrogen (secondary N) is 1. The van der Waals surface area contributed by atoms with Crippen LogP contribution in [0.3, 0.4) is 0 Å². The third kappa shape index (κ3) is 5.61. The fourth-order valence-corrected chi connectivity index (χ4v) is 2.37. The van der Waals surface area contributed by atoms with E-state index in [0.29, 0.717) is 12.5 Å². The van der Waals surface area contributed by atoms with Crippen molar-refractivity contribution in [2.45, 2.75) is 19.3 Å². The second-order valence-electron chi connectivity index (χ2n) is 5.45. The van der Waals surface area contributed by atoms with Crippen LogP contribution in [0.15, 0.2) is 23.6 Å². The number of hydrogen-bond donors (Lipinski definition) is 1. The zero-order valence-electron chi connectivity index (χ0n) is 14.4. The van der Waals surface area contributed by atoms with Crippen LogP contribution in [0.1, 0.15) is 16.8 Å². The van der Waals surface area contributed by atoms with Gasteiger partial charge in [-0.2, -0.15) is 23.4 Å². The summed E-state index contributed by atoms with van der Waals surface area (Å²) in [6.07, 6.45) is 0.465. The van der Waals surface area contributed by atoms with Crippen molar-refractivity contribution in [1.82, 2.24) is 29.8 Å². The Morgan fingerprint density at radius 3 is 2.48 bits per heavy atom. The molecule has 0 aliphatic carbocycles. The zero-order valence-corrected chi connectivity index (χ0v) is 16.7. The van der Waals surface area contributed by atoms with Gasteiger partial charge in [-0.1, -0.05) is 0 Å². The Bertz CT molecular complexity index is 720. The molecule has 0 spiro atoms. The molecule has 140 valence electrons. The van der Waals surface area contributed by atoms with E-state index < -0.39 is 11.9 Å². The lowest BCUT2D eigenvalue weighted by Crippen LogP contribution is -2.38. The largest absolute Gasteiger partial charge is 0.435 e. The number of aliphatic imine (C=N–C) groups is 1. The Kier molecular flexibility index (Phi) is 7.26. The van der Waals surface area contributed by atoms with E-state index in [1.165, 1.54) is 13.2 Å². The molecule has 2 rings (SSSR count). The van der Waals surface area contributed by atoms with Crippen molar-refractivity contribution in [1.29, 1.82) is 0 Å². The number of hydrogen-bond acceptors (Lipinski definition) is 3. The predicted octanol–water partition coefficient (Wildman–Crippen LogP) is 2.00. The van der Waals surface area contributed by atoms with Gasteiger partial charge in [-0.3, -0.25) is 14.4 Å². The van der Waals surface area contributed by atoms with Gasteiger partial charge in [-0.15, -0.1) is 24.0 Å². The van der Waals surface area contributed by atoms with Crippen molar-refractivity contribution < 1.29 is 13.2 Å². The normalized spacial score (nSPS) is 12.0. The lowest BCUT2D eigenvalue weighted by molar-refractivity contribution is -0.142. The summed E-state index contributed by atoms with van der Waals surface area (Å²) >= 11 is 0. The molecule has 11 heteroatoms. The lowest BCUT2D eigenvalue weighted by atomic mass is 10.2. The molecule has 0 radical (unpaired) electrons. The van der Waals surface area contributed by atoms with Crippen molar-refractivity contribution in [2.24, 2.45) is 19.1 Å². The summed E-state index contributed by atoms with van der Waals surface area (Å²) in [6.45, 7) is 0.513. The Morgan fingerprint density at radius 1 is 1.28 bits per heavy atom. The molecule has 0 atom stereocenters. The molecule has 0 aromatic carbocycles. The smallest absolute Gasteiger partial charge is 0.352 e. The topological polar surface area (TPSA) is 63.3 Å². The minimum atomic E-state index is -4.48. The molecular weight excluding hydrogens is 450 g/mol. The molecule has 0 amide bonds. The fraction of sp³-hybridized carbons (Fsp3) is 0.500. The van der Waals surface area contributed by atoms with Crippen molar-refractivity contribution in [3.8, 4) is 0 Å². The maximum atomic E-state index is 13.0. The highest BCUT2D eigenvalue weighted by atomic mass is 127. The average molecular weight is 471 g/mol. The van der Waals surface area contributed by atoms with Gasteiger partial charge in [0.15, 0.2) is 11.7 Å². The number of halogens is 4. The fourth-order valence-electron chi connectivity index (χ4n) is 2.37. The van der Waals surface area contributed by atoms with E-state index in [1.54, 1.807) is 29.9 Å². The Labute approximate surface area is 160 Å². The van der Waals surface area contributed by atoms with E-state index in [-0.39, 0.29) is 36.1 Å². The number of guanidine groups is 1. The molecule has 0 aliphatic heterocycles. The van der Waals surface area contributed by atoms with Crippen molar-refractivity contribution >= 4 is 29.9 Å². The first-order chi connectivity index (χ1) is 11.2. The van der Waals surface area contributed by atoms with E-state index in [2.05, 4.69) is 20.5 Å². The van der Waals surface area contributed by atoms with Crippen LogP contribution in [0.2, 0.25) is 0 Å². The van der Waals surface area contributed by atoms with Gasteiger partial charge in [0.2, 0.25) is 0 Å². The van der Waals surface area contributed by atoms with E-state index in [9.17, 15) is 13.2 Å². The first-order valence-electron chi connectivity index (χ1n) is 7.19. The highest BCUT2D eigenvalue weighted by molar-refractivity contribution is 14.0. The third-order valence-corrected chi connectivity index (χ3v) is 3.36. The molecule has 0 bridgehead atoms. The van der Waals surface area contributed by atoms with Crippen LogP contribution in [-0.2, 0) is 33.4 Å². The van der Waals surface area contributed by atoms with Crippen LogP contribution in [-0.4, -0.2) is 44.5 Å². The van der Waals surface area contributed by atoms with Gasteiger partial charge in [0, 0.05) is 64.8 Å². The minimum absolute atomic E-state index is 0. The highest BCUT2D eigenvalue weighted by Gasteiger charge is 2.36. The maximum Gasteiger partial charge on any atom is 0.435 e. The first-order valence-corrected chi connectivity index (χ1v) is 7.19. The second-order valence-corrected chi connectivity index (χ2v) is 5.45.